The maximum absolute atomic E-state index is 13.7. The van der Waals surface area contributed by atoms with Crippen LogP contribution >= 0.6 is 0 Å². The summed E-state index contributed by atoms with van der Waals surface area (Å²) in [4.78, 5) is 25.8. The quantitative estimate of drug-likeness (QED) is 0.431. The predicted octanol–water partition coefficient (Wildman–Crippen LogP) is 5.22. The van der Waals surface area contributed by atoms with Crippen molar-refractivity contribution >= 4 is 11.9 Å². The van der Waals surface area contributed by atoms with Crippen molar-refractivity contribution in [2.75, 3.05) is 14.2 Å². The first-order valence-electron chi connectivity index (χ1n) is 12.5. The van der Waals surface area contributed by atoms with Gasteiger partial charge in [-0.3, -0.25) is 4.79 Å². The number of ether oxygens (including phenoxy) is 5. The predicted molar refractivity (Wildman–Crippen MR) is 133 cm³/mol. The highest BCUT2D eigenvalue weighted by molar-refractivity contribution is 5.92. The molecular weight excluding hydrogens is 512 g/mol. The fraction of sp³-hybridized carbons (Fsp3) is 0.310. The van der Waals surface area contributed by atoms with Gasteiger partial charge in [0.05, 0.1) is 31.2 Å². The molecule has 1 aliphatic carbocycles. The van der Waals surface area contributed by atoms with Gasteiger partial charge in [0.2, 0.25) is 5.91 Å². The molecule has 10 heteroatoms. The van der Waals surface area contributed by atoms with Crippen molar-refractivity contribution in [1.82, 2.24) is 5.32 Å². The number of carbonyl (C=O) groups is 2. The van der Waals surface area contributed by atoms with E-state index in [1.165, 1.54) is 19.2 Å². The van der Waals surface area contributed by atoms with Crippen LogP contribution in [0.3, 0.4) is 0 Å². The first kappa shape index (κ1) is 25.0. The molecule has 8 nitrogen and oxygen atoms in total. The molecule has 1 amide bonds. The van der Waals surface area contributed by atoms with Gasteiger partial charge in [0.1, 0.15) is 17.6 Å². The minimum Gasteiger partial charge on any atom is -0.497 e. The topological polar surface area (TPSA) is 92.3 Å². The van der Waals surface area contributed by atoms with Crippen LogP contribution in [0.2, 0.25) is 0 Å². The number of nitrogens with one attached hydrogen (secondary N) is 1. The Hall–Kier alpha value is -4.34. The molecule has 0 saturated heterocycles. The van der Waals surface area contributed by atoms with Crippen LogP contribution in [-0.2, 0) is 14.9 Å². The third kappa shape index (κ3) is 4.49. The van der Waals surface area contributed by atoms with Crippen LogP contribution in [0.5, 0.6) is 23.0 Å². The Kier molecular flexibility index (Phi) is 5.85. The molecule has 1 saturated carbocycles. The van der Waals surface area contributed by atoms with Crippen LogP contribution in [0.15, 0.2) is 60.7 Å². The highest BCUT2D eigenvalue weighted by Gasteiger charge is 2.53. The van der Waals surface area contributed by atoms with Crippen LogP contribution in [0.1, 0.15) is 58.5 Å². The van der Waals surface area contributed by atoms with E-state index in [0.717, 1.165) is 11.1 Å². The van der Waals surface area contributed by atoms with Gasteiger partial charge in [-0.25, -0.2) is 4.79 Å². The van der Waals surface area contributed by atoms with Crippen molar-refractivity contribution in [2.45, 2.75) is 43.1 Å². The Balaban J connectivity index is 1.29. The average molecular weight is 538 g/mol. The molecule has 0 aromatic heterocycles. The van der Waals surface area contributed by atoms with Gasteiger partial charge in [-0.15, -0.1) is 8.78 Å². The second-order valence-corrected chi connectivity index (χ2v) is 9.80. The van der Waals surface area contributed by atoms with Gasteiger partial charge in [-0.05, 0) is 66.4 Å². The fourth-order valence-corrected chi connectivity index (χ4v) is 5.22. The molecule has 2 heterocycles. The van der Waals surface area contributed by atoms with Crippen molar-refractivity contribution < 1.29 is 42.1 Å². The summed E-state index contributed by atoms with van der Waals surface area (Å²) in [5.41, 5.74) is 1.62. The van der Waals surface area contributed by atoms with Gasteiger partial charge in [-0.2, -0.15) is 0 Å². The zero-order valence-electron chi connectivity index (χ0n) is 21.2. The van der Waals surface area contributed by atoms with E-state index in [4.69, 9.17) is 14.2 Å². The van der Waals surface area contributed by atoms with E-state index in [1.807, 2.05) is 12.1 Å². The van der Waals surface area contributed by atoms with Gasteiger partial charge < -0.3 is 29.0 Å². The number of benzene rings is 3. The standard InChI is InChI=1S/C29H25F2NO7/c1-35-19-7-9-22-20(14-19)21(15-24(37-22)16-4-3-5-17(12-16)26(33)36-2)32-27(34)28(10-11-28)18-6-8-23-25(13-18)39-29(30,31)38-23/h3-9,12-14,21,24H,10-11,15H2,1-2H3,(H,32,34)/t21-,24-/m1/s1. The maximum atomic E-state index is 13.7. The lowest BCUT2D eigenvalue weighted by molar-refractivity contribution is -0.286. The van der Waals surface area contributed by atoms with Gasteiger partial charge in [0, 0.05) is 12.0 Å². The van der Waals surface area contributed by atoms with Crippen molar-refractivity contribution in [3.8, 4) is 23.0 Å². The Labute approximate surface area is 222 Å². The average Bonchev–Trinajstić information content (AvgIpc) is 3.69. The van der Waals surface area contributed by atoms with Crippen LogP contribution in [0, 0.1) is 0 Å². The monoisotopic (exact) mass is 537 g/mol. The maximum Gasteiger partial charge on any atom is 0.586 e. The summed E-state index contributed by atoms with van der Waals surface area (Å²) in [6.45, 7) is 0. The molecular formula is C29H25F2NO7. The number of esters is 1. The highest BCUT2D eigenvalue weighted by atomic mass is 19.3. The van der Waals surface area contributed by atoms with Crippen LogP contribution < -0.4 is 24.3 Å². The molecule has 2 aliphatic heterocycles. The van der Waals surface area contributed by atoms with E-state index < -0.39 is 29.8 Å². The molecule has 2 atom stereocenters. The number of carbonyl (C=O) groups excluding carboxylic acids is 2. The molecule has 0 spiro atoms. The number of halogens is 2. The molecule has 0 bridgehead atoms. The lowest BCUT2D eigenvalue weighted by Gasteiger charge is -2.34. The van der Waals surface area contributed by atoms with E-state index in [1.54, 1.807) is 43.5 Å². The minimum absolute atomic E-state index is 0.0672. The molecule has 1 N–H and O–H groups in total. The third-order valence-corrected chi connectivity index (χ3v) is 7.43. The van der Waals surface area contributed by atoms with Crippen molar-refractivity contribution in [1.29, 1.82) is 0 Å². The van der Waals surface area contributed by atoms with Crippen LogP contribution in [-0.4, -0.2) is 32.4 Å². The number of amides is 1. The molecule has 202 valence electrons. The number of hydrogen-bond acceptors (Lipinski definition) is 7. The number of rotatable bonds is 6. The fourth-order valence-electron chi connectivity index (χ4n) is 5.22. The minimum atomic E-state index is -3.73. The smallest absolute Gasteiger partial charge is 0.497 e. The molecule has 3 aromatic carbocycles. The number of alkyl halides is 2. The molecule has 1 fully saturated rings. The lowest BCUT2D eigenvalue weighted by atomic mass is 9.90. The Morgan fingerprint density at radius 2 is 1.72 bits per heavy atom. The van der Waals surface area contributed by atoms with Crippen molar-refractivity contribution in [3.63, 3.8) is 0 Å². The summed E-state index contributed by atoms with van der Waals surface area (Å²) in [7, 11) is 2.88. The summed E-state index contributed by atoms with van der Waals surface area (Å²) in [5.74, 6) is 0.345. The first-order chi connectivity index (χ1) is 18.7. The molecule has 0 radical (unpaired) electrons. The second-order valence-electron chi connectivity index (χ2n) is 9.80. The molecule has 6 rings (SSSR count). The number of methoxy groups -OCH3 is 2. The van der Waals surface area contributed by atoms with Crippen LogP contribution in [0.4, 0.5) is 8.78 Å². The van der Waals surface area contributed by atoms with Crippen LogP contribution in [0.25, 0.3) is 0 Å². The molecule has 3 aromatic rings. The van der Waals surface area contributed by atoms with Gasteiger partial charge in [0.25, 0.3) is 0 Å². The Morgan fingerprint density at radius 1 is 0.949 bits per heavy atom. The first-order valence-corrected chi connectivity index (χ1v) is 12.5. The number of fused-ring (bicyclic) bond motifs is 2. The van der Waals surface area contributed by atoms with Gasteiger partial charge in [-0.1, -0.05) is 18.2 Å². The SMILES string of the molecule is COC(=O)c1cccc([C@H]2C[C@@H](NC(=O)C3(c4ccc5c(c4)OC(F)(F)O5)CC3)c3cc(OC)ccc3O2)c1. The summed E-state index contributed by atoms with van der Waals surface area (Å²) in [6.07, 6.45) is -2.67. The zero-order valence-corrected chi connectivity index (χ0v) is 21.2. The van der Waals surface area contributed by atoms with Gasteiger partial charge in [0.15, 0.2) is 11.5 Å². The number of hydrogen-bond donors (Lipinski definition) is 1. The van der Waals surface area contributed by atoms with E-state index in [9.17, 15) is 18.4 Å². The molecule has 0 unspecified atom stereocenters. The normalized spacial score (nSPS) is 21.2. The van der Waals surface area contributed by atoms with E-state index in [-0.39, 0.29) is 17.4 Å². The highest BCUT2D eigenvalue weighted by Crippen LogP contribution is 2.53. The Morgan fingerprint density at radius 3 is 2.46 bits per heavy atom. The second kappa shape index (κ2) is 9.14. The van der Waals surface area contributed by atoms with E-state index in [0.29, 0.717) is 41.9 Å². The third-order valence-electron chi connectivity index (χ3n) is 7.43. The summed E-state index contributed by atoms with van der Waals surface area (Å²) in [6, 6.07) is 16.4. The van der Waals surface area contributed by atoms with Gasteiger partial charge >= 0.3 is 12.3 Å². The van der Waals surface area contributed by atoms with Crippen molar-refractivity contribution in [2.24, 2.45) is 0 Å². The largest absolute Gasteiger partial charge is 0.586 e. The summed E-state index contributed by atoms with van der Waals surface area (Å²) in [5, 5.41) is 3.17. The van der Waals surface area contributed by atoms with E-state index >= 15 is 0 Å². The summed E-state index contributed by atoms with van der Waals surface area (Å²) >= 11 is 0. The molecule has 39 heavy (non-hydrogen) atoms. The lowest BCUT2D eigenvalue weighted by Crippen LogP contribution is -2.39. The van der Waals surface area contributed by atoms with Crippen molar-refractivity contribution in [3.05, 3.63) is 82.9 Å². The molecule has 3 aliphatic rings. The Bertz CT molecular complexity index is 1470. The zero-order chi connectivity index (χ0) is 27.4. The van der Waals surface area contributed by atoms with E-state index in [2.05, 4.69) is 14.8 Å². The summed E-state index contributed by atoms with van der Waals surface area (Å²) < 4.78 is 52.7.